The van der Waals surface area contributed by atoms with Crippen LogP contribution >= 0.6 is 15.9 Å². The van der Waals surface area contributed by atoms with Gasteiger partial charge in [0.15, 0.2) is 17.0 Å². The number of nitrogens with two attached hydrogens (primary N) is 1. The Balaban J connectivity index is 1.16. The van der Waals surface area contributed by atoms with Gasteiger partial charge in [-0.1, -0.05) is 25.0 Å². The number of benzene rings is 1. The number of carbonyl (C=O) groups excluding carboxylic acids is 1. The Morgan fingerprint density at radius 2 is 1.64 bits per heavy atom. The minimum absolute atomic E-state index is 0.0706. The fraction of sp³-hybridized carbons (Fsp3) is 0.571. The highest BCUT2D eigenvalue weighted by Crippen LogP contribution is 2.34. The Morgan fingerprint density at radius 3 is 2.38 bits per heavy atom. The molecule has 208 valence electrons. The second-order valence-electron chi connectivity index (χ2n) is 11.2. The van der Waals surface area contributed by atoms with Gasteiger partial charge >= 0.3 is 6.03 Å². The lowest BCUT2D eigenvalue weighted by molar-refractivity contribution is 0.197. The van der Waals surface area contributed by atoms with Crippen molar-refractivity contribution < 1.29 is 4.79 Å². The van der Waals surface area contributed by atoms with Crippen LogP contribution in [0.3, 0.4) is 0 Å². The number of hydrogen-bond donors (Lipinski definition) is 4. The highest BCUT2D eigenvalue weighted by molar-refractivity contribution is 9.10. The molecule has 0 bridgehead atoms. The van der Waals surface area contributed by atoms with E-state index in [1.54, 1.807) is 0 Å². The van der Waals surface area contributed by atoms with E-state index in [4.69, 9.17) is 20.7 Å². The third-order valence-corrected chi connectivity index (χ3v) is 9.17. The summed E-state index contributed by atoms with van der Waals surface area (Å²) in [5.74, 6) is 1.44. The minimum atomic E-state index is -0.0706. The quantitative estimate of drug-likeness (QED) is 0.296. The predicted molar refractivity (Wildman–Crippen MR) is 158 cm³/mol. The van der Waals surface area contributed by atoms with Crippen LogP contribution in [0.25, 0.3) is 11.2 Å². The lowest BCUT2D eigenvalue weighted by Crippen LogP contribution is -2.44. The monoisotopic (exact) mass is 595 g/mol. The third-order valence-electron chi connectivity index (χ3n) is 8.48. The van der Waals surface area contributed by atoms with Gasteiger partial charge in [0, 0.05) is 41.7 Å². The van der Waals surface area contributed by atoms with Gasteiger partial charge in [-0.25, -0.2) is 9.78 Å². The van der Waals surface area contributed by atoms with Gasteiger partial charge in [0.2, 0.25) is 5.95 Å². The third kappa shape index (κ3) is 5.99. The van der Waals surface area contributed by atoms with Crippen LogP contribution in [-0.4, -0.2) is 61.7 Å². The molecule has 5 N–H and O–H groups in total. The summed E-state index contributed by atoms with van der Waals surface area (Å²) in [5.41, 5.74) is 8.64. The highest BCUT2D eigenvalue weighted by Gasteiger charge is 2.27. The Bertz CT molecular complexity index is 1290. The van der Waals surface area contributed by atoms with Crippen molar-refractivity contribution in [3.05, 3.63) is 35.1 Å². The number of piperidine rings is 1. The maximum atomic E-state index is 12.9. The number of fused-ring (bicyclic) bond motifs is 1. The Labute approximate surface area is 237 Å². The first kappa shape index (κ1) is 26.3. The van der Waals surface area contributed by atoms with E-state index in [1.807, 2.05) is 35.5 Å². The fourth-order valence-corrected chi connectivity index (χ4v) is 6.54. The number of halogens is 1. The van der Waals surface area contributed by atoms with Gasteiger partial charge < -0.3 is 31.2 Å². The summed E-state index contributed by atoms with van der Waals surface area (Å²) in [6, 6.07) is 8.89. The second kappa shape index (κ2) is 11.7. The molecule has 1 aliphatic heterocycles. The van der Waals surface area contributed by atoms with E-state index < -0.39 is 0 Å². The number of likely N-dealkylation sites (tertiary alicyclic amines) is 1. The largest absolute Gasteiger partial charge is 0.365 e. The van der Waals surface area contributed by atoms with Gasteiger partial charge in [-0.3, -0.25) is 0 Å². The normalized spacial score (nSPS) is 22.8. The van der Waals surface area contributed by atoms with Crippen molar-refractivity contribution in [3.8, 4) is 0 Å². The number of nitrogens with zero attached hydrogens (tertiary/aromatic N) is 5. The van der Waals surface area contributed by atoms with Gasteiger partial charge in [0.1, 0.15) is 0 Å². The number of anilines is 3. The SMILES string of the molecule is NC1CCC(Nc2nc(NC3CCN(C(=O)Nc4ccccc4Br)CC3)c3ncn(C4CCCC4)c3n2)CC1. The van der Waals surface area contributed by atoms with Crippen LogP contribution in [0.15, 0.2) is 35.1 Å². The maximum Gasteiger partial charge on any atom is 0.321 e. The molecule has 39 heavy (non-hydrogen) atoms. The van der Waals surface area contributed by atoms with Crippen LogP contribution < -0.4 is 21.7 Å². The molecule has 11 heteroatoms. The van der Waals surface area contributed by atoms with Crippen molar-refractivity contribution in [1.82, 2.24) is 24.4 Å². The lowest BCUT2D eigenvalue weighted by Gasteiger charge is -2.33. The minimum Gasteiger partial charge on any atom is -0.365 e. The number of aromatic nitrogens is 4. The van der Waals surface area contributed by atoms with Gasteiger partial charge in [-0.05, 0) is 79.4 Å². The Hall–Kier alpha value is -2.92. The molecule has 2 aromatic heterocycles. The smallest absolute Gasteiger partial charge is 0.321 e. The number of carbonyl (C=O) groups is 1. The zero-order valence-corrected chi connectivity index (χ0v) is 23.9. The van der Waals surface area contributed by atoms with Crippen LogP contribution in [0.4, 0.5) is 22.2 Å². The lowest BCUT2D eigenvalue weighted by atomic mass is 9.92. The van der Waals surface area contributed by atoms with Gasteiger partial charge in [0.25, 0.3) is 0 Å². The molecule has 0 atom stereocenters. The fourth-order valence-electron chi connectivity index (χ4n) is 6.15. The van der Waals surface area contributed by atoms with Crippen molar-refractivity contribution in [2.45, 2.75) is 88.4 Å². The number of imidazole rings is 1. The topological polar surface area (TPSA) is 126 Å². The van der Waals surface area contributed by atoms with E-state index >= 15 is 0 Å². The summed E-state index contributed by atoms with van der Waals surface area (Å²) in [5, 5.41) is 10.3. The molecule has 0 radical (unpaired) electrons. The molecule has 10 nitrogen and oxygen atoms in total. The molecule has 2 aliphatic carbocycles. The molecule has 3 heterocycles. The molecule has 2 amide bonds. The van der Waals surface area contributed by atoms with Crippen LogP contribution in [0, 0.1) is 0 Å². The van der Waals surface area contributed by atoms with E-state index in [9.17, 15) is 4.79 Å². The van der Waals surface area contributed by atoms with Gasteiger partial charge in [-0.2, -0.15) is 9.97 Å². The number of para-hydroxylation sites is 1. The molecule has 6 rings (SSSR count). The van der Waals surface area contributed by atoms with Crippen LogP contribution in [0.5, 0.6) is 0 Å². The molecule has 3 aromatic rings. The summed E-state index contributed by atoms with van der Waals surface area (Å²) in [7, 11) is 0. The maximum absolute atomic E-state index is 12.9. The van der Waals surface area contributed by atoms with Crippen molar-refractivity contribution in [1.29, 1.82) is 0 Å². The number of hydrogen-bond acceptors (Lipinski definition) is 7. The standard InChI is InChI=1S/C28H38BrN9O/c29-22-7-3-4-8-23(22)34-28(39)37-15-13-20(14-16-37)32-25-24-26(38(17-31-24)21-5-1-2-6-21)36-27(35-25)33-19-11-9-18(30)10-12-19/h3-4,7-8,17-21H,1-2,5-6,9-16,30H2,(H,34,39)(H2,32,33,35,36). The van der Waals surface area contributed by atoms with Crippen LogP contribution in [-0.2, 0) is 0 Å². The summed E-state index contributed by atoms with van der Waals surface area (Å²) >= 11 is 3.50. The van der Waals surface area contributed by atoms with Crippen LogP contribution in [0.1, 0.15) is 70.3 Å². The van der Waals surface area contributed by atoms with E-state index in [1.165, 1.54) is 25.7 Å². The van der Waals surface area contributed by atoms with Crippen molar-refractivity contribution in [2.24, 2.45) is 5.73 Å². The summed E-state index contributed by atoms with van der Waals surface area (Å²) < 4.78 is 3.13. The van der Waals surface area contributed by atoms with E-state index in [-0.39, 0.29) is 12.1 Å². The zero-order chi connectivity index (χ0) is 26.8. The predicted octanol–water partition coefficient (Wildman–Crippen LogP) is 5.49. The molecule has 3 fully saturated rings. The van der Waals surface area contributed by atoms with Crippen molar-refractivity contribution in [3.63, 3.8) is 0 Å². The average molecular weight is 597 g/mol. The Kier molecular flexibility index (Phi) is 7.87. The molecule has 3 aliphatic rings. The number of nitrogens with one attached hydrogen (secondary N) is 3. The summed E-state index contributed by atoms with van der Waals surface area (Å²) in [6.07, 6.45) is 12.6. The summed E-state index contributed by atoms with van der Waals surface area (Å²) in [6.45, 7) is 1.35. The van der Waals surface area contributed by atoms with E-state index in [2.05, 4.69) is 36.4 Å². The molecule has 0 unspecified atom stereocenters. The molecule has 1 aromatic carbocycles. The molecule has 0 spiro atoms. The number of amides is 2. The zero-order valence-electron chi connectivity index (χ0n) is 22.3. The van der Waals surface area contributed by atoms with E-state index in [0.29, 0.717) is 37.2 Å². The first-order valence-electron chi connectivity index (χ1n) is 14.4. The molecular weight excluding hydrogens is 558 g/mol. The molecular formula is C28H38BrN9O. The van der Waals surface area contributed by atoms with E-state index in [0.717, 1.165) is 65.7 Å². The highest BCUT2D eigenvalue weighted by atomic mass is 79.9. The molecule has 2 saturated carbocycles. The van der Waals surface area contributed by atoms with Gasteiger partial charge in [-0.15, -0.1) is 0 Å². The van der Waals surface area contributed by atoms with Crippen molar-refractivity contribution in [2.75, 3.05) is 29.0 Å². The number of rotatable bonds is 6. The summed E-state index contributed by atoms with van der Waals surface area (Å²) in [4.78, 5) is 29.4. The second-order valence-corrected chi connectivity index (χ2v) is 12.1. The first-order valence-corrected chi connectivity index (χ1v) is 15.2. The first-order chi connectivity index (χ1) is 19.0. The average Bonchev–Trinajstić information content (AvgIpc) is 3.62. The van der Waals surface area contributed by atoms with Gasteiger partial charge in [0.05, 0.1) is 12.0 Å². The van der Waals surface area contributed by atoms with Crippen molar-refractivity contribution >= 4 is 50.6 Å². The van der Waals surface area contributed by atoms with Crippen LogP contribution in [0.2, 0.25) is 0 Å². The molecule has 1 saturated heterocycles. The number of urea groups is 1. The Morgan fingerprint density at radius 1 is 0.923 bits per heavy atom.